The van der Waals surface area contributed by atoms with Crippen molar-refractivity contribution in [1.29, 1.82) is 0 Å². The molecular weight excluding hydrogens is 1480 g/mol. The van der Waals surface area contributed by atoms with E-state index in [4.69, 9.17) is 4.74 Å². The molecule has 20 aromatic rings. The van der Waals surface area contributed by atoms with Crippen LogP contribution in [0.4, 0.5) is 51.2 Å². The van der Waals surface area contributed by atoms with Crippen LogP contribution < -0.4 is 35.8 Å². The van der Waals surface area contributed by atoms with Gasteiger partial charge in [0.2, 0.25) is 0 Å². The normalized spacial score (nSPS) is 13.8. The second kappa shape index (κ2) is 27.5. The highest BCUT2D eigenvalue weighted by Crippen LogP contribution is 2.57. The van der Waals surface area contributed by atoms with E-state index in [0.29, 0.717) is 39.1 Å². The van der Waals surface area contributed by atoms with Crippen LogP contribution in [0.3, 0.4) is 0 Å². The Balaban J connectivity index is 0.890. The second-order valence-electron chi connectivity index (χ2n) is 35.9. The first-order valence-electron chi connectivity index (χ1n) is 45.3. The zero-order chi connectivity index (χ0) is 87.4. The van der Waals surface area contributed by atoms with Gasteiger partial charge >= 0.3 is 0 Å². The van der Waals surface area contributed by atoms with E-state index in [1.54, 1.807) is 0 Å². The molecule has 17 aromatic carbocycles. The van der Waals surface area contributed by atoms with Gasteiger partial charge in [0, 0.05) is 100 Å². The van der Waals surface area contributed by atoms with E-state index >= 15 is 0 Å². The number of para-hydroxylation sites is 8. The average Bonchev–Trinajstić information content (AvgIpc) is 0.767. The fourth-order valence-electron chi connectivity index (χ4n) is 19.5. The van der Waals surface area contributed by atoms with Gasteiger partial charge in [-0.05, 0) is 217 Å². The molecule has 0 unspecified atom stereocenters. The minimum Gasteiger partial charge on any atom is -0.453 e. The van der Waals surface area contributed by atoms with Crippen LogP contribution >= 0.6 is 0 Å². The summed E-state index contributed by atoms with van der Waals surface area (Å²) < 4.78 is 83.4. The molecule has 6 heterocycles. The first-order valence-corrected chi connectivity index (χ1v) is 42.3. The monoisotopic (exact) mass is 1570 g/mol. The second-order valence-corrected chi connectivity index (χ2v) is 35.9. The molecule has 3 aliphatic rings. The Bertz CT molecular complexity index is 7840. The number of fused-ring (bicyclic) bond motifs is 15. The maximum absolute atomic E-state index is 12.1. The standard InChI is InChI=1S/C114H89BN6O/c1-112(2,3)76-62-87(72-34-14-10-15-35-72)110(88(63-76)73-36-16-11-17-37-73)120-103-70-81(117-97-48-28-24-44-85(97)91-68-79(56-60-99(91)117)116-95-46-26-22-42-83(95)84-43-23-27-47-96(84)116)54-58-93(103)115-94-59-55-82(118-98-49-29-25-45-86(98)92-69-80(57-61-100(92)118)119-101-50-30-32-52-107(101)122-108-53-33-31-51-102(108)119)71-104(94)121(106-67-78(114(7,8)9)66-105(120)109(106)115)111-89(74-38-18-12-19-39-74)64-77(113(4,5)6)65-90(111)75-40-20-13-21-41-75/h10-71H,1-9H3/i54D,55D,58D,59D,70D,71D. The van der Waals surface area contributed by atoms with Gasteiger partial charge in [-0.25, -0.2) is 0 Å². The molecule has 0 N–H and O–H groups in total. The fraction of sp³-hybridized carbons (Fsp3) is 0.105. The molecule has 584 valence electrons. The summed E-state index contributed by atoms with van der Waals surface area (Å²) in [7, 11) is 0. The molecule has 0 atom stereocenters. The summed E-state index contributed by atoms with van der Waals surface area (Å²) in [4.78, 5) is 6.81. The molecule has 0 bridgehead atoms. The van der Waals surface area contributed by atoms with E-state index in [2.05, 4.69) is 341 Å². The van der Waals surface area contributed by atoms with Gasteiger partial charge in [-0.3, -0.25) is 0 Å². The van der Waals surface area contributed by atoms with Crippen LogP contribution in [0.2, 0.25) is 0 Å². The highest BCUT2D eigenvalue weighted by molar-refractivity contribution is 7.00. The van der Waals surface area contributed by atoms with Gasteiger partial charge in [-0.2, -0.15) is 0 Å². The number of benzene rings is 17. The average molecular weight is 1580 g/mol. The summed E-state index contributed by atoms with van der Waals surface area (Å²) in [6, 6.07) is 118. The Morgan fingerprint density at radius 1 is 0.254 bits per heavy atom. The molecule has 3 aliphatic heterocycles. The highest BCUT2D eigenvalue weighted by Gasteiger charge is 2.47. The number of hydrogen-bond donors (Lipinski definition) is 0. The van der Waals surface area contributed by atoms with Gasteiger partial charge in [0.05, 0.1) is 64.1 Å². The summed E-state index contributed by atoms with van der Waals surface area (Å²) in [5.74, 6) is 1.44. The van der Waals surface area contributed by atoms with Crippen molar-refractivity contribution in [3.63, 3.8) is 0 Å². The summed E-state index contributed by atoms with van der Waals surface area (Å²) in [6.07, 6.45) is 0. The van der Waals surface area contributed by atoms with Crippen molar-refractivity contribution in [3.05, 3.63) is 393 Å². The van der Waals surface area contributed by atoms with Crippen molar-refractivity contribution in [3.8, 4) is 73.1 Å². The van der Waals surface area contributed by atoms with Crippen molar-refractivity contribution in [1.82, 2.24) is 13.7 Å². The summed E-state index contributed by atoms with van der Waals surface area (Å²) in [6.45, 7) is 19.1. The van der Waals surface area contributed by atoms with E-state index in [0.717, 1.165) is 172 Å². The van der Waals surface area contributed by atoms with Crippen molar-refractivity contribution in [2.45, 2.75) is 78.6 Å². The molecule has 0 aliphatic carbocycles. The minimum atomic E-state index is -1.19. The molecule has 8 heteroatoms. The Kier molecular flexibility index (Phi) is 14.9. The van der Waals surface area contributed by atoms with Gasteiger partial charge in [0.15, 0.2) is 11.5 Å². The lowest BCUT2D eigenvalue weighted by atomic mass is 9.33. The van der Waals surface area contributed by atoms with Crippen molar-refractivity contribution >= 4 is 140 Å². The first-order chi connectivity index (χ1) is 62.0. The Morgan fingerprint density at radius 2 is 0.557 bits per heavy atom. The van der Waals surface area contributed by atoms with Crippen LogP contribution in [0, 0.1) is 0 Å². The Morgan fingerprint density at radius 3 is 0.934 bits per heavy atom. The lowest BCUT2D eigenvalue weighted by Crippen LogP contribution is -2.61. The molecule has 0 spiro atoms. The molecular formula is C114H89BN6O. The fourth-order valence-corrected chi connectivity index (χ4v) is 19.5. The van der Waals surface area contributed by atoms with Crippen molar-refractivity contribution < 1.29 is 13.0 Å². The zero-order valence-electron chi connectivity index (χ0n) is 75.5. The lowest BCUT2D eigenvalue weighted by Gasteiger charge is -2.47. The first kappa shape index (κ1) is 66.3. The number of anilines is 9. The van der Waals surface area contributed by atoms with Crippen LogP contribution in [0.25, 0.3) is 127 Å². The van der Waals surface area contributed by atoms with E-state index in [1.807, 2.05) is 89.5 Å². The molecule has 7 nitrogen and oxygen atoms in total. The number of nitrogens with zero attached hydrogens (tertiary/aromatic N) is 6. The van der Waals surface area contributed by atoms with Crippen LogP contribution in [0.15, 0.2) is 376 Å². The van der Waals surface area contributed by atoms with Gasteiger partial charge in [-0.15, -0.1) is 0 Å². The van der Waals surface area contributed by atoms with Crippen LogP contribution in [0.5, 0.6) is 11.5 Å². The summed E-state index contributed by atoms with van der Waals surface area (Å²) >= 11 is 0. The molecule has 0 saturated carbocycles. The predicted octanol–water partition coefficient (Wildman–Crippen LogP) is 29.2. The Labute approximate surface area is 721 Å². The van der Waals surface area contributed by atoms with E-state index in [1.165, 1.54) is 0 Å². The molecule has 3 aromatic heterocycles. The summed E-state index contributed by atoms with van der Waals surface area (Å²) in [5, 5.41) is 5.84. The Hall–Kier alpha value is -14.6. The van der Waals surface area contributed by atoms with Crippen LogP contribution in [0.1, 0.15) is 87.2 Å². The van der Waals surface area contributed by atoms with Crippen molar-refractivity contribution in [2.75, 3.05) is 14.7 Å². The largest absolute Gasteiger partial charge is 0.453 e. The third-order valence-corrected chi connectivity index (χ3v) is 25.4. The van der Waals surface area contributed by atoms with E-state index in [-0.39, 0.29) is 47.6 Å². The van der Waals surface area contributed by atoms with Gasteiger partial charge < -0.3 is 33.1 Å². The molecule has 0 saturated heterocycles. The number of ether oxygens (including phenoxy) is 1. The molecule has 122 heavy (non-hydrogen) atoms. The van der Waals surface area contributed by atoms with Crippen LogP contribution in [-0.2, 0) is 16.2 Å². The predicted molar refractivity (Wildman–Crippen MR) is 516 cm³/mol. The SMILES string of the molecule is [2H]c1c([2H])c(-n2c3ccccc3c3cc(N4c5ccccc5Oc5ccccc54)ccc32)c([2H])c2c1B1c3c(cc(C(C)(C)C)cc3N(c3c(-c4ccccc4)cc(C(C)(C)C)cc3-c3ccccc3)c3c([2H])c(-n4c5ccccc5c5cc(-n6c7ccccc7c7ccccc76)ccc54)c([2H])c([2H])c31)N2c1c(-c2ccccc2)cc(C(C)(C)C)cc1-c1ccccc1. The topological polar surface area (TPSA) is 33.7 Å². The van der Waals surface area contributed by atoms with Crippen LogP contribution in [-0.4, -0.2) is 20.4 Å². The van der Waals surface area contributed by atoms with Gasteiger partial charge in [-0.1, -0.05) is 293 Å². The highest BCUT2D eigenvalue weighted by atomic mass is 16.5. The smallest absolute Gasteiger partial charge is 0.252 e. The zero-order valence-corrected chi connectivity index (χ0v) is 69.5. The molecule has 0 amide bonds. The molecule has 0 fully saturated rings. The number of aromatic nitrogens is 3. The molecule has 0 radical (unpaired) electrons. The maximum Gasteiger partial charge on any atom is 0.252 e. The third-order valence-electron chi connectivity index (χ3n) is 25.4. The van der Waals surface area contributed by atoms with E-state index < -0.39 is 23.0 Å². The summed E-state index contributed by atoms with van der Waals surface area (Å²) in [5.41, 5.74) is 22.8. The lowest BCUT2D eigenvalue weighted by molar-refractivity contribution is 0.477. The van der Waals surface area contributed by atoms with E-state index in [9.17, 15) is 8.22 Å². The van der Waals surface area contributed by atoms with Crippen molar-refractivity contribution in [2.24, 2.45) is 0 Å². The number of rotatable bonds is 10. The minimum absolute atomic E-state index is 0.0186. The quantitative estimate of drug-likeness (QED) is 0.128. The number of hydrogen-bond acceptors (Lipinski definition) is 4. The maximum atomic E-state index is 12.1. The molecule has 23 rings (SSSR count). The van der Waals surface area contributed by atoms with Gasteiger partial charge in [0.25, 0.3) is 6.71 Å². The van der Waals surface area contributed by atoms with Gasteiger partial charge in [0.1, 0.15) is 0 Å². The third kappa shape index (κ3) is 11.4.